The van der Waals surface area contributed by atoms with Crippen LogP contribution in [0.25, 0.3) is 0 Å². The van der Waals surface area contributed by atoms with Crippen LogP contribution in [0, 0.1) is 35.0 Å². The number of hydrogen-bond donors (Lipinski definition) is 1. The van der Waals surface area contributed by atoms with Gasteiger partial charge >= 0.3 is 0 Å². The van der Waals surface area contributed by atoms with Crippen molar-refractivity contribution in [2.75, 3.05) is 0 Å². The third-order valence-electron chi connectivity index (χ3n) is 6.70. The molecule has 0 aromatic rings. The van der Waals surface area contributed by atoms with Gasteiger partial charge in [-0.2, -0.15) is 0 Å². The summed E-state index contributed by atoms with van der Waals surface area (Å²) in [6, 6.07) is 0. The third-order valence-corrected chi connectivity index (χ3v) is 6.70. The van der Waals surface area contributed by atoms with Crippen LogP contribution in [0.3, 0.4) is 0 Å². The van der Waals surface area contributed by atoms with Gasteiger partial charge in [0.05, 0.1) is 5.41 Å². The number of Topliss-reactive ketones (excluding diaryl/α,β-unsaturated/α-hetero) is 2. The quantitative estimate of drug-likeness (QED) is 0.736. The molecule has 2 saturated carbocycles. The van der Waals surface area contributed by atoms with Gasteiger partial charge in [-0.25, -0.2) is 0 Å². The first-order chi connectivity index (χ1) is 10.7. The van der Waals surface area contributed by atoms with E-state index < -0.39 is 5.41 Å². The maximum atomic E-state index is 13.4. The fraction of sp³-hybridized carbons (Fsp3) is 0.700. The van der Waals surface area contributed by atoms with Gasteiger partial charge in [0, 0.05) is 11.5 Å². The first-order valence-electron chi connectivity index (χ1n) is 8.86. The topological polar surface area (TPSA) is 54.4 Å². The molecule has 0 heterocycles. The zero-order chi connectivity index (χ0) is 17.1. The molecule has 0 amide bonds. The molecule has 23 heavy (non-hydrogen) atoms. The summed E-state index contributed by atoms with van der Waals surface area (Å²) in [5.41, 5.74) is 0.861. The van der Waals surface area contributed by atoms with Crippen LogP contribution >= 0.6 is 0 Å². The van der Waals surface area contributed by atoms with Crippen molar-refractivity contribution in [2.45, 2.75) is 53.9 Å². The van der Waals surface area contributed by atoms with E-state index in [0.29, 0.717) is 5.92 Å². The van der Waals surface area contributed by atoms with Gasteiger partial charge in [-0.1, -0.05) is 25.5 Å². The Morgan fingerprint density at radius 1 is 1.17 bits per heavy atom. The summed E-state index contributed by atoms with van der Waals surface area (Å²) in [6.07, 6.45) is 5.15. The predicted octanol–water partition coefficient (Wildman–Crippen LogP) is 4.24. The second-order valence-electron chi connectivity index (χ2n) is 8.30. The van der Waals surface area contributed by atoms with E-state index in [9.17, 15) is 14.7 Å². The van der Waals surface area contributed by atoms with Crippen molar-refractivity contribution in [1.29, 1.82) is 0 Å². The number of ketones is 2. The molecule has 0 aliphatic heterocycles. The van der Waals surface area contributed by atoms with Crippen LogP contribution in [-0.2, 0) is 9.59 Å². The molecular weight excluding hydrogens is 288 g/mol. The van der Waals surface area contributed by atoms with Crippen molar-refractivity contribution in [3.8, 4) is 0 Å². The molecule has 3 aliphatic carbocycles. The Labute approximate surface area is 138 Å². The van der Waals surface area contributed by atoms with Crippen LogP contribution in [0.1, 0.15) is 53.9 Å². The van der Waals surface area contributed by atoms with Gasteiger partial charge in [0.25, 0.3) is 0 Å². The van der Waals surface area contributed by atoms with Crippen LogP contribution in [0.15, 0.2) is 23.0 Å². The van der Waals surface area contributed by atoms with Gasteiger partial charge in [-0.05, 0) is 63.7 Å². The molecule has 2 fully saturated rings. The van der Waals surface area contributed by atoms with Crippen molar-refractivity contribution in [2.24, 2.45) is 35.0 Å². The Morgan fingerprint density at radius 2 is 1.83 bits per heavy atom. The molecule has 3 nitrogen and oxygen atoms in total. The minimum Gasteiger partial charge on any atom is -0.504 e. The highest BCUT2D eigenvalue weighted by Crippen LogP contribution is 2.65. The molecule has 0 aromatic heterocycles. The lowest BCUT2D eigenvalue weighted by Gasteiger charge is -2.52. The molecule has 0 radical (unpaired) electrons. The van der Waals surface area contributed by atoms with Gasteiger partial charge in [-0.3, -0.25) is 9.59 Å². The summed E-state index contributed by atoms with van der Waals surface area (Å²) >= 11 is 0. The number of hydrogen-bond acceptors (Lipinski definition) is 3. The molecule has 0 bridgehead atoms. The standard InChI is InChI=1S/C20H28O3/c1-10(2)8-14-9-12(4)15-7-6-11(3)16-18(22)17(21)13(5)19(23)20(14,15)16/h8,11-12,14-16,21H,6-7,9H2,1-5H3/t11-,12-,14+,15+,16+,20+/m0/s1. The van der Waals surface area contributed by atoms with E-state index in [1.54, 1.807) is 6.92 Å². The molecule has 0 unspecified atom stereocenters. The Balaban J connectivity index is 2.27. The minimum atomic E-state index is -0.623. The summed E-state index contributed by atoms with van der Waals surface area (Å²) in [7, 11) is 0. The largest absolute Gasteiger partial charge is 0.504 e. The zero-order valence-corrected chi connectivity index (χ0v) is 14.8. The summed E-state index contributed by atoms with van der Waals surface area (Å²) in [6.45, 7) is 10.0. The SMILES string of the molecule is CC(C)=C[C@@H]1C[C@H](C)[C@H]2CC[C@H](C)[C@@H]3C(=O)C(O)=C(C)C(=O)[C@]123. The van der Waals surface area contributed by atoms with Gasteiger partial charge in [0.2, 0.25) is 5.78 Å². The molecule has 3 heteroatoms. The Morgan fingerprint density at radius 3 is 2.43 bits per heavy atom. The van der Waals surface area contributed by atoms with Crippen LogP contribution in [0.2, 0.25) is 0 Å². The highest BCUT2D eigenvalue weighted by Gasteiger charge is 2.67. The first-order valence-corrected chi connectivity index (χ1v) is 8.86. The van der Waals surface area contributed by atoms with Gasteiger partial charge < -0.3 is 5.11 Å². The molecule has 126 valence electrons. The number of aliphatic hydroxyl groups is 1. The summed E-state index contributed by atoms with van der Waals surface area (Å²) < 4.78 is 0. The number of allylic oxidation sites excluding steroid dienone is 4. The Hall–Kier alpha value is -1.38. The average molecular weight is 316 g/mol. The lowest BCUT2D eigenvalue weighted by molar-refractivity contribution is -0.152. The zero-order valence-electron chi connectivity index (χ0n) is 14.8. The molecule has 1 spiro atoms. The van der Waals surface area contributed by atoms with E-state index in [0.717, 1.165) is 19.3 Å². The van der Waals surface area contributed by atoms with E-state index in [1.807, 2.05) is 0 Å². The summed E-state index contributed by atoms with van der Waals surface area (Å²) in [5, 5.41) is 10.2. The Kier molecular flexibility index (Phi) is 3.81. The maximum Gasteiger partial charge on any atom is 0.201 e. The summed E-state index contributed by atoms with van der Waals surface area (Å²) in [5.74, 6) is 0.149. The maximum absolute atomic E-state index is 13.4. The molecule has 3 rings (SSSR count). The molecule has 0 aromatic carbocycles. The van der Waals surface area contributed by atoms with Crippen molar-refractivity contribution >= 4 is 11.6 Å². The van der Waals surface area contributed by atoms with Crippen molar-refractivity contribution in [3.63, 3.8) is 0 Å². The highest BCUT2D eigenvalue weighted by atomic mass is 16.3. The van der Waals surface area contributed by atoms with Crippen molar-refractivity contribution in [3.05, 3.63) is 23.0 Å². The average Bonchev–Trinajstić information content (AvgIpc) is 2.75. The number of aliphatic hydroxyl groups excluding tert-OH is 1. The van der Waals surface area contributed by atoms with Crippen LogP contribution in [0.4, 0.5) is 0 Å². The number of carbonyl (C=O) groups excluding carboxylic acids is 2. The fourth-order valence-corrected chi connectivity index (χ4v) is 5.90. The predicted molar refractivity (Wildman–Crippen MR) is 89.9 cm³/mol. The van der Waals surface area contributed by atoms with E-state index in [1.165, 1.54) is 5.57 Å². The first kappa shape index (κ1) is 16.5. The van der Waals surface area contributed by atoms with Gasteiger partial charge in [0.1, 0.15) is 0 Å². The van der Waals surface area contributed by atoms with Crippen LogP contribution < -0.4 is 0 Å². The van der Waals surface area contributed by atoms with Crippen LogP contribution in [0.5, 0.6) is 0 Å². The number of carbonyl (C=O) groups is 2. The van der Waals surface area contributed by atoms with Gasteiger partial charge in [0.15, 0.2) is 11.5 Å². The van der Waals surface area contributed by atoms with E-state index >= 15 is 0 Å². The second-order valence-corrected chi connectivity index (χ2v) is 8.30. The molecule has 6 atom stereocenters. The summed E-state index contributed by atoms with van der Waals surface area (Å²) in [4.78, 5) is 26.3. The van der Waals surface area contributed by atoms with Gasteiger partial charge in [-0.15, -0.1) is 0 Å². The van der Waals surface area contributed by atoms with Crippen molar-refractivity contribution < 1.29 is 14.7 Å². The molecular formula is C20H28O3. The normalized spacial score (nSPS) is 43.3. The third kappa shape index (κ3) is 2.01. The van der Waals surface area contributed by atoms with E-state index in [4.69, 9.17) is 0 Å². The lowest BCUT2D eigenvalue weighted by Crippen LogP contribution is -2.57. The lowest BCUT2D eigenvalue weighted by atomic mass is 9.48. The molecule has 1 N–H and O–H groups in total. The monoisotopic (exact) mass is 316 g/mol. The smallest absolute Gasteiger partial charge is 0.201 e. The molecule has 0 saturated heterocycles. The Bertz CT molecular complexity index is 623. The second kappa shape index (κ2) is 5.32. The van der Waals surface area contributed by atoms with Crippen LogP contribution in [-0.4, -0.2) is 16.7 Å². The fourth-order valence-electron chi connectivity index (χ4n) is 5.90. The van der Waals surface area contributed by atoms with Crippen molar-refractivity contribution in [1.82, 2.24) is 0 Å². The van der Waals surface area contributed by atoms with E-state index in [-0.39, 0.29) is 46.6 Å². The number of rotatable bonds is 1. The molecule has 3 aliphatic rings. The van der Waals surface area contributed by atoms with E-state index in [2.05, 4.69) is 33.8 Å². The highest BCUT2D eigenvalue weighted by molar-refractivity contribution is 6.15. The minimum absolute atomic E-state index is 0.0306.